The van der Waals surface area contributed by atoms with Crippen molar-refractivity contribution < 1.29 is 5.11 Å². The van der Waals surface area contributed by atoms with Crippen molar-refractivity contribution in [1.29, 1.82) is 0 Å². The van der Waals surface area contributed by atoms with Gasteiger partial charge in [-0.05, 0) is 37.0 Å². The van der Waals surface area contributed by atoms with Crippen LogP contribution in [0.4, 0.5) is 0 Å². The molecule has 2 aliphatic carbocycles. The summed E-state index contributed by atoms with van der Waals surface area (Å²) in [6.45, 7) is 2.67. The van der Waals surface area contributed by atoms with E-state index in [0.29, 0.717) is 17.4 Å². The average Bonchev–Trinajstić information content (AvgIpc) is 2.86. The standard InChI is InChI=1S/C10H17NO/c12-7-9-3-10(4-9,6-11-5-9)8-1-2-8/h8,11-12H,1-7H2. The summed E-state index contributed by atoms with van der Waals surface area (Å²) in [5.74, 6) is 1.00. The van der Waals surface area contributed by atoms with Gasteiger partial charge in [0.05, 0.1) is 0 Å². The molecule has 0 aromatic heterocycles. The average molecular weight is 167 g/mol. The predicted molar refractivity (Wildman–Crippen MR) is 46.8 cm³/mol. The molecule has 2 saturated carbocycles. The Morgan fingerprint density at radius 2 is 2.00 bits per heavy atom. The van der Waals surface area contributed by atoms with Gasteiger partial charge in [0.25, 0.3) is 0 Å². The fraction of sp³-hybridized carbons (Fsp3) is 1.00. The van der Waals surface area contributed by atoms with Gasteiger partial charge >= 0.3 is 0 Å². The minimum Gasteiger partial charge on any atom is -0.396 e. The number of hydrogen-bond donors (Lipinski definition) is 2. The lowest BCUT2D eigenvalue weighted by Gasteiger charge is -2.61. The Labute approximate surface area is 73.4 Å². The first-order chi connectivity index (χ1) is 5.79. The Bertz CT molecular complexity index is 204. The zero-order valence-electron chi connectivity index (χ0n) is 7.47. The minimum atomic E-state index is 0.292. The Hall–Kier alpha value is -0.0800. The van der Waals surface area contributed by atoms with E-state index < -0.39 is 0 Å². The first kappa shape index (κ1) is 7.34. The molecular weight excluding hydrogens is 150 g/mol. The molecule has 0 atom stereocenters. The summed E-state index contributed by atoms with van der Waals surface area (Å²) in [6.07, 6.45) is 5.49. The summed E-state index contributed by atoms with van der Waals surface area (Å²) in [6, 6.07) is 0. The van der Waals surface area contributed by atoms with Crippen LogP contribution in [0.3, 0.4) is 0 Å². The van der Waals surface area contributed by atoms with Gasteiger partial charge in [-0.3, -0.25) is 0 Å². The normalized spacial score (nSPS) is 51.8. The number of nitrogens with one attached hydrogen (secondary N) is 1. The quantitative estimate of drug-likeness (QED) is 0.636. The summed E-state index contributed by atoms with van der Waals surface area (Å²) in [5.41, 5.74) is 0.918. The Morgan fingerprint density at radius 3 is 2.58 bits per heavy atom. The van der Waals surface area contributed by atoms with Crippen LogP contribution < -0.4 is 5.32 Å². The SMILES string of the molecule is OCC12CNCC(C3CC3)(C1)C2. The number of aliphatic hydroxyl groups excluding tert-OH is 1. The molecule has 2 heterocycles. The molecule has 12 heavy (non-hydrogen) atoms. The number of hydrogen-bond acceptors (Lipinski definition) is 2. The van der Waals surface area contributed by atoms with Crippen LogP contribution in [0.5, 0.6) is 0 Å². The maximum absolute atomic E-state index is 9.26. The lowest BCUT2D eigenvalue weighted by Crippen LogP contribution is -2.64. The predicted octanol–water partition coefficient (Wildman–Crippen LogP) is 0.758. The third-order valence-electron chi connectivity index (χ3n) is 4.21. The van der Waals surface area contributed by atoms with E-state index in [1.165, 1.54) is 32.2 Å². The fourth-order valence-electron chi connectivity index (χ4n) is 3.56. The van der Waals surface area contributed by atoms with Gasteiger partial charge in [-0.15, -0.1) is 0 Å². The van der Waals surface area contributed by atoms with Crippen molar-refractivity contribution in [2.75, 3.05) is 19.7 Å². The molecule has 2 N–H and O–H groups in total. The fourth-order valence-corrected chi connectivity index (χ4v) is 3.56. The molecule has 4 fully saturated rings. The molecule has 68 valence electrons. The highest BCUT2D eigenvalue weighted by molar-refractivity contribution is 5.13. The van der Waals surface area contributed by atoms with Crippen molar-refractivity contribution in [3.05, 3.63) is 0 Å². The lowest BCUT2D eigenvalue weighted by atomic mass is 9.48. The van der Waals surface area contributed by atoms with Crippen molar-refractivity contribution in [2.24, 2.45) is 16.7 Å². The summed E-state index contributed by atoms with van der Waals surface area (Å²) in [4.78, 5) is 0. The summed E-state index contributed by atoms with van der Waals surface area (Å²) in [7, 11) is 0. The maximum Gasteiger partial charge on any atom is 0.0500 e. The van der Waals surface area contributed by atoms with Crippen molar-refractivity contribution in [1.82, 2.24) is 5.32 Å². The van der Waals surface area contributed by atoms with Gasteiger partial charge in [0.15, 0.2) is 0 Å². The second kappa shape index (κ2) is 2.05. The molecule has 0 spiro atoms. The van der Waals surface area contributed by atoms with Crippen LogP contribution in [0, 0.1) is 16.7 Å². The maximum atomic E-state index is 9.26. The molecular formula is C10H17NO. The van der Waals surface area contributed by atoms with Crippen molar-refractivity contribution in [3.63, 3.8) is 0 Å². The Balaban J connectivity index is 1.78. The summed E-state index contributed by atoms with van der Waals surface area (Å²) < 4.78 is 0. The van der Waals surface area contributed by atoms with E-state index in [4.69, 9.17) is 0 Å². The molecule has 2 heteroatoms. The molecule has 4 rings (SSSR count). The van der Waals surface area contributed by atoms with Crippen LogP contribution in [0.15, 0.2) is 0 Å². The van der Waals surface area contributed by atoms with E-state index in [-0.39, 0.29) is 0 Å². The van der Waals surface area contributed by atoms with Crippen LogP contribution in [-0.4, -0.2) is 24.8 Å². The van der Waals surface area contributed by atoms with Crippen molar-refractivity contribution in [3.8, 4) is 0 Å². The largest absolute Gasteiger partial charge is 0.396 e. The molecule has 0 aromatic rings. The zero-order valence-corrected chi connectivity index (χ0v) is 7.47. The number of rotatable bonds is 2. The van der Waals surface area contributed by atoms with Crippen LogP contribution >= 0.6 is 0 Å². The Kier molecular flexibility index (Phi) is 1.25. The number of aliphatic hydroxyl groups is 1. The summed E-state index contributed by atoms with van der Waals surface area (Å²) in [5, 5.41) is 12.7. The van der Waals surface area contributed by atoms with Gasteiger partial charge in [0, 0.05) is 25.1 Å². The van der Waals surface area contributed by atoms with Crippen LogP contribution in [0.25, 0.3) is 0 Å². The van der Waals surface area contributed by atoms with E-state index in [9.17, 15) is 5.11 Å². The topological polar surface area (TPSA) is 32.3 Å². The lowest BCUT2D eigenvalue weighted by molar-refractivity contribution is -0.118. The second-order valence-corrected chi connectivity index (χ2v) is 5.25. The van der Waals surface area contributed by atoms with Crippen LogP contribution in [-0.2, 0) is 0 Å². The van der Waals surface area contributed by atoms with Crippen LogP contribution in [0.2, 0.25) is 0 Å². The molecule has 2 aliphatic heterocycles. The van der Waals surface area contributed by atoms with Gasteiger partial charge in [-0.2, -0.15) is 0 Å². The van der Waals surface area contributed by atoms with Gasteiger partial charge in [0.1, 0.15) is 0 Å². The molecule has 2 bridgehead atoms. The zero-order chi connectivity index (χ0) is 8.23. The third-order valence-corrected chi connectivity index (χ3v) is 4.21. The van der Waals surface area contributed by atoms with E-state index in [1.54, 1.807) is 0 Å². The second-order valence-electron chi connectivity index (χ2n) is 5.25. The number of piperidine rings is 2. The van der Waals surface area contributed by atoms with E-state index >= 15 is 0 Å². The highest BCUT2D eigenvalue weighted by Gasteiger charge is 2.62. The molecule has 0 aromatic carbocycles. The van der Waals surface area contributed by atoms with E-state index in [0.717, 1.165) is 12.5 Å². The first-order valence-corrected chi connectivity index (χ1v) is 5.10. The van der Waals surface area contributed by atoms with Gasteiger partial charge in [-0.25, -0.2) is 0 Å². The number of fused-ring (bicyclic) bond motifs is 2. The molecule has 2 saturated heterocycles. The molecule has 2 nitrogen and oxygen atoms in total. The van der Waals surface area contributed by atoms with Crippen molar-refractivity contribution >= 4 is 0 Å². The van der Waals surface area contributed by atoms with Gasteiger partial charge in [0.2, 0.25) is 0 Å². The molecule has 4 aliphatic rings. The smallest absolute Gasteiger partial charge is 0.0500 e. The van der Waals surface area contributed by atoms with Crippen LogP contribution in [0.1, 0.15) is 25.7 Å². The van der Waals surface area contributed by atoms with Gasteiger partial charge < -0.3 is 10.4 Å². The highest BCUT2D eigenvalue weighted by Crippen LogP contribution is 2.65. The molecule has 0 radical (unpaired) electrons. The molecule has 0 unspecified atom stereocenters. The molecule has 0 amide bonds. The Morgan fingerprint density at radius 1 is 1.25 bits per heavy atom. The van der Waals surface area contributed by atoms with E-state index in [2.05, 4.69) is 5.32 Å². The van der Waals surface area contributed by atoms with Gasteiger partial charge in [-0.1, -0.05) is 0 Å². The highest BCUT2D eigenvalue weighted by atomic mass is 16.3. The monoisotopic (exact) mass is 167 g/mol. The first-order valence-electron chi connectivity index (χ1n) is 5.10. The third kappa shape index (κ3) is 0.775. The van der Waals surface area contributed by atoms with Crippen molar-refractivity contribution in [2.45, 2.75) is 25.7 Å². The summed E-state index contributed by atoms with van der Waals surface area (Å²) >= 11 is 0. The minimum absolute atomic E-state index is 0.292. The van der Waals surface area contributed by atoms with E-state index in [1.807, 2.05) is 0 Å².